The predicted molar refractivity (Wildman–Crippen MR) is 55.2 cm³/mol. The van der Waals surface area contributed by atoms with Crippen LogP contribution in [0.5, 0.6) is 0 Å². The summed E-state index contributed by atoms with van der Waals surface area (Å²) in [6.07, 6.45) is 0.538. The lowest BCUT2D eigenvalue weighted by Crippen LogP contribution is -2.26. The molecule has 4 heteroatoms. The first-order chi connectivity index (χ1) is 6.15. The van der Waals surface area contributed by atoms with E-state index in [-0.39, 0.29) is 12.6 Å². The standard InChI is InChI=1S/C9H11Cl2NO/c10-8-3-1-2-6(9(8)11)4-7(12)5-13/h1-3,7,13H,4-5,12H2. The summed E-state index contributed by atoms with van der Waals surface area (Å²) in [5.74, 6) is 0. The summed E-state index contributed by atoms with van der Waals surface area (Å²) in [6, 6.07) is 5.10. The van der Waals surface area contributed by atoms with E-state index in [0.717, 1.165) is 5.56 Å². The fourth-order valence-corrected chi connectivity index (χ4v) is 1.45. The van der Waals surface area contributed by atoms with E-state index in [9.17, 15) is 0 Å². The van der Waals surface area contributed by atoms with Crippen molar-refractivity contribution in [3.63, 3.8) is 0 Å². The molecule has 0 radical (unpaired) electrons. The van der Waals surface area contributed by atoms with Gasteiger partial charge in [0, 0.05) is 6.04 Å². The van der Waals surface area contributed by atoms with E-state index in [4.69, 9.17) is 34.0 Å². The first kappa shape index (κ1) is 10.8. The van der Waals surface area contributed by atoms with Gasteiger partial charge in [-0.05, 0) is 18.1 Å². The summed E-state index contributed by atoms with van der Waals surface area (Å²) >= 11 is 11.7. The third-order valence-electron chi connectivity index (χ3n) is 1.75. The van der Waals surface area contributed by atoms with E-state index in [1.165, 1.54) is 0 Å². The van der Waals surface area contributed by atoms with Crippen molar-refractivity contribution in [2.45, 2.75) is 12.5 Å². The van der Waals surface area contributed by atoms with Gasteiger partial charge in [-0.15, -0.1) is 0 Å². The van der Waals surface area contributed by atoms with Crippen LogP contribution in [0.3, 0.4) is 0 Å². The minimum atomic E-state index is -0.282. The minimum Gasteiger partial charge on any atom is -0.395 e. The quantitative estimate of drug-likeness (QED) is 0.816. The maximum absolute atomic E-state index is 8.76. The predicted octanol–water partition coefficient (Wildman–Crippen LogP) is 1.86. The highest BCUT2D eigenvalue weighted by Gasteiger charge is 2.07. The van der Waals surface area contributed by atoms with Crippen molar-refractivity contribution >= 4 is 23.2 Å². The van der Waals surface area contributed by atoms with Crippen molar-refractivity contribution < 1.29 is 5.11 Å². The van der Waals surface area contributed by atoms with Crippen LogP contribution in [0.1, 0.15) is 5.56 Å². The zero-order valence-corrected chi connectivity index (χ0v) is 8.52. The molecule has 1 unspecified atom stereocenters. The smallest absolute Gasteiger partial charge is 0.0624 e. The van der Waals surface area contributed by atoms with Crippen LogP contribution in [-0.2, 0) is 6.42 Å². The van der Waals surface area contributed by atoms with Gasteiger partial charge in [0.15, 0.2) is 0 Å². The lowest BCUT2D eigenvalue weighted by Gasteiger charge is -2.09. The van der Waals surface area contributed by atoms with Crippen LogP contribution < -0.4 is 5.73 Å². The second-order valence-corrected chi connectivity index (χ2v) is 3.64. The van der Waals surface area contributed by atoms with Gasteiger partial charge in [-0.2, -0.15) is 0 Å². The molecule has 0 fully saturated rings. The van der Waals surface area contributed by atoms with Gasteiger partial charge in [0.05, 0.1) is 16.7 Å². The van der Waals surface area contributed by atoms with Crippen molar-refractivity contribution in [2.24, 2.45) is 5.73 Å². The molecular formula is C9H11Cl2NO. The normalized spacial score (nSPS) is 12.9. The molecule has 1 atom stereocenters. The third-order valence-corrected chi connectivity index (χ3v) is 2.61. The van der Waals surface area contributed by atoms with Crippen LogP contribution in [0.4, 0.5) is 0 Å². The Labute approximate surface area is 87.3 Å². The summed E-state index contributed by atoms with van der Waals surface area (Å²) < 4.78 is 0. The van der Waals surface area contributed by atoms with Gasteiger partial charge in [0.2, 0.25) is 0 Å². The minimum absolute atomic E-state index is 0.0527. The Hall–Kier alpha value is -0.280. The van der Waals surface area contributed by atoms with Crippen molar-refractivity contribution in [1.29, 1.82) is 0 Å². The van der Waals surface area contributed by atoms with Crippen LogP contribution in [0.2, 0.25) is 10.0 Å². The van der Waals surface area contributed by atoms with Gasteiger partial charge in [0.1, 0.15) is 0 Å². The molecule has 3 N–H and O–H groups in total. The number of halogens is 2. The van der Waals surface area contributed by atoms with Gasteiger partial charge in [0.25, 0.3) is 0 Å². The Kier molecular flexibility index (Phi) is 4.00. The number of hydrogen-bond donors (Lipinski definition) is 2. The molecule has 1 rings (SSSR count). The monoisotopic (exact) mass is 219 g/mol. The Morgan fingerprint density at radius 1 is 1.38 bits per heavy atom. The molecular weight excluding hydrogens is 209 g/mol. The van der Waals surface area contributed by atoms with Crippen LogP contribution in [0.15, 0.2) is 18.2 Å². The second kappa shape index (κ2) is 4.82. The molecule has 0 heterocycles. The van der Waals surface area contributed by atoms with Gasteiger partial charge in [-0.25, -0.2) is 0 Å². The Morgan fingerprint density at radius 3 is 2.69 bits per heavy atom. The molecule has 0 saturated carbocycles. The van der Waals surface area contributed by atoms with E-state index in [2.05, 4.69) is 0 Å². The maximum atomic E-state index is 8.76. The number of hydrogen-bond acceptors (Lipinski definition) is 2. The molecule has 0 amide bonds. The van der Waals surface area contributed by atoms with E-state index in [1.54, 1.807) is 6.07 Å². The molecule has 0 aliphatic rings. The number of aliphatic hydroxyl groups is 1. The largest absolute Gasteiger partial charge is 0.395 e. The van der Waals surface area contributed by atoms with E-state index in [0.29, 0.717) is 16.5 Å². The summed E-state index contributed by atoms with van der Waals surface area (Å²) in [5.41, 5.74) is 6.44. The average Bonchev–Trinajstić information content (AvgIpc) is 2.13. The van der Waals surface area contributed by atoms with Crippen molar-refractivity contribution in [3.05, 3.63) is 33.8 Å². The molecule has 72 valence electrons. The maximum Gasteiger partial charge on any atom is 0.0624 e. The Morgan fingerprint density at radius 2 is 2.08 bits per heavy atom. The van der Waals surface area contributed by atoms with Crippen molar-refractivity contribution in [1.82, 2.24) is 0 Å². The van der Waals surface area contributed by atoms with Gasteiger partial charge < -0.3 is 10.8 Å². The highest BCUT2D eigenvalue weighted by atomic mass is 35.5. The summed E-state index contributed by atoms with van der Waals surface area (Å²) in [6.45, 7) is -0.0527. The fraction of sp³-hybridized carbons (Fsp3) is 0.333. The van der Waals surface area contributed by atoms with E-state index in [1.807, 2.05) is 12.1 Å². The Bertz CT molecular complexity index is 291. The lowest BCUT2D eigenvalue weighted by atomic mass is 10.1. The average molecular weight is 220 g/mol. The summed E-state index contributed by atoms with van der Waals surface area (Å²) in [7, 11) is 0. The van der Waals surface area contributed by atoms with Crippen LogP contribution >= 0.6 is 23.2 Å². The zero-order chi connectivity index (χ0) is 9.84. The van der Waals surface area contributed by atoms with E-state index >= 15 is 0 Å². The molecule has 0 bridgehead atoms. The van der Waals surface area contributed by atoms with Crippen LogP contribution in [0.25, 0.3) is 0 Å². The SMILES string of the molecule is NC(CO)Cc1cccc(Cl)c1Cl. The molecule has 2 nitrogen and oxygen atoms in total. The second-order valence-electron chi connectivity index (χ2n) is 2.86. The molecule has 0 aliphatic heterocycles. The first-order valence-corrected chi connectivity index (χ1v) is 4.70. The number of rotatable bonds is 3. The van der Waals surface area contributed by atoms with Crippen LogP contribution in [0, 0.1) is 0 Å². The number of benzene rings is 1. The summed E-state index contributed by atoms with van der Waals surface area (Å²) in [5, 5.41) is 9.79. The molecule has 0 spiro atoms. The van der Waals surface area contributed by atoms with Gasteiger partial charge in [-0.3, -0.25) is 0 Å². The highest BCUT2D eigenvalue weighted by Crippen LogP contribution is 2.26. The topological polar surface area (TPSA) is 46.2 Å². The van der Waals surface area contributed by atoms with Gasteiger partial charge in [-0.1, -0.05) is 35.3 Å². The fourth-order valence-electron chi connectivity index (χ4n) is 1.05. The zero-order valence-electron chi connectivity index (χ0n) is 7.00. The van der Waals surface area contributed by atoms with E-state index < -0.39 is 0 Å². The molecule has 0 aromatic heterocycles. The molecule has 1 aromatic carbocycles. The third kappa shape index (κ3) is 2.85. The van der Waals surface area contributed by atoms with Crippen LogP contribution in [-0.4, -0.2) is 17.8 Å². The van der Waals surface area contributed by atoms with Gasteiger partial charge >= 0.3 is 0 Å². The lowest BCUT2D eigenvalue weighted by molar-refractivity contribution is 0.265. The molecule has 13 heavy (non-hydrogen) atoms. The Balaban J connectivity index is 2.83. The number of nitrogens with two attached hydrogens (primary N) is 1. The summed E-state index contributed by atoms with van der Waals surface area (Å²) in [4.78, 5) is 0. The first-order valence-electron chi connectivity index (χ1n) is 3.94. The molecule has 1 aromatic rings. The van der Waals surface area contributed by atoms with Crippen molar-refractivity contribution in [3.8, 4) is 0 Å². The highest BCUT2D eigenvalue weighted by molar-refractivity contribution is 6.42. The molecule has 0 aliphatic carbocycles. The number of aliphatic hydroxyl groups excluding tert-OH is 1. The molecule has 0 saturated heterocycles. The van der Waals surface area contributed by atoms with Crippen molar-refractivity contribution in [2.75, 3.05) is 6.61 Å².